The molecule has 0 amide bonds. The zero-order chi connectivity index (χ0) is 13.8. The predicted octanol–water partition coefficient (Wildman–Crippen LogP) is 4.33. The number of aryl methyl sites for hydroxylation is 1. The molecule has 1 unspecified atom stereocenters. The van der Waals surface area contributed by atoms with E-state index in [4.69, 9.17) is 34.8 Å². The van der Waals surface area contributed by atoms with Crippen LogP contribution in [0, 0.1) is 6.92 Å². The highest BCUT2D eigenvalue weighted by Gasteiger charge is 2.13. The van der Waals surface area contributed by atoms with Crippen molar-refractivity contribution < 1.29 is 0 Å². The zero-order valence-corrected chi connectivity index (χ0v) is 12.9. The number of anilines is 1. The lowest BCUT2D eigenvalue weighted by Gasteiger charge is -2.23. The number of pyridine rings is 1. The molecule has 0 aromatic carbocycles. The number of aromatic nitrogens is 1. The molecule has 1 aromatic heterocycles. The van der Waals surface area contributed by atoms with Gasteiger partial charge in [0.15, 0.2) is 0 Å². The summed E-state index contributed by atoms with van der Waals surface area (Å²) in [6.45, 7) is 2.65. The Bertz CT molecular complexity index is 488. The summed E-state index contributed by atoms with van der Waals surface area (Å²) in [5.74, 6) is 0.681. The van der Waals surface area contributed by atoms with Gasteiger partial charge in [-0.1, -0.05) is 34.8 Å². The van der Waals surface area contributed by atoms with E-state index in [0.29, 0.717) is 21.9 Å². The molecule has 0 bridgehead atoms. The molecule has 2 heterocycles. The predicted molar refractivity (Wildman–Crippen MR) is 82.2 cm³/mol. The lowest BCUT2D eigenvalue weighted by Crippen LogP contribution is -2.31. The highest BCUT2D eigenvalue weighted by molar-refractivity contribution is 6.36. The molecule has 6 heteroatoms. The van der Waals surface area contributed by atoms with Crippen molar-refractivity contribution >= 4 is 40.6 Å². The van der Waals surface area contributed by atoms with Gasteiger partial charge in [0.25, 0.3) is 0 Å². The topological polar surface area (TPSA) is 37.0 Å². The number of rotatable bonds is 4. The summed E-state index contributed by atoms with van der Waals surface area (Å²) in [6.07, 6.45) is 5.09. The van der Waals surface area contributed by atoms with E-state index in [2.05, 4.69) is 15.6 Å². The maximum Gasteiger partial charge on any atom is 0.145 e. The Kier molecular flexibility index (Phi) is 5.20. The summed E-state index contributed by atoms with van der Waals surface area (Å²) in [7, 11) is 0. The molecule has 0 radical (unpaired) electrons. The van der Waals surface area contributed by atoms with Gasteiger partial charge in [0.1, 0.15) is 5.82 Å². The quantitative estimate of drug-likeness (QED) is 0.811. The largest absolute Gasteiger partial charge is 0.373 e. The molecule has 0 saturated heterocycles. The molecule has 2 rings (SSSR count). The van der Waals surface area contributed by atoms with E-state index in [9.17, 15) is 0 Å². The number of nitrogens with one attached hydrogen (secondary N) is 2. The minimum Gasteiger partial charge on any atom is -0.373 e. The standard InChI is InChI=1S/C13H16Cl3N3/c1-8-10(14)7-11(15)13(18-8)17-6-5-9-3-2-4-12(16)19-9/h4,7,9,19H,2-3,5-6H2,1H3,(H,17,18). The number of hydrogen-bond acceptors (Lipinski definition) is 3. The van der Waals surface area contributed by atoms with Gasteiger partial charge in [0, 0.05) is 12.6 Å². The Morgan fingerprint density at radius 2 is 2.16 bits per heavy atom. The van der Waals surface area contributed by atoms with E-state index >= 15 is 0 Å². The van der Waals surface area contributed by atoms with Crippen LogP contribution in [0.25, 0.3) is 0 Å². The second-order valence-corrected chi connectivity index (χ2v) is 5.79. The smallest absolute Gasteiger partial charge is 0.145 e. The van der Waals surface area contributed by atoms with E-state index in [1.165, 1.54) is 0 Å². The van der Waals surface area contributed by atoms with Gasteiger partial charge in [0.2, 0.25) is 0 Å². The van der Waals surface area contributed by atoms with Crippen LogP contribution in [0.2, 0.25) is 10.0 Å². The highest BCUT2D eigenvalue weighted by Crippen LogP contribution is 2.25. The SMILES string of the molecule is Cc1nc(NCCC2CCC=C(Cl)N2)c(Cl)cc1Cl. The summed E-state index contributed by atoms with van der Waals surface area (Å²) in [5.41, 5.74) is 0.773. The van der Waals surface area contributed by atoms with Crippen LogP contribution < -0.4 is 10.6 Å². The van der Waals surface area contributed by atoms with Crippen molar-refractivity contribution in [3.05, 3.63) is 33.0 Å². The molecule has 1 aliphatic heterocycles. The van der Waals surface area contributed by atoms with Crippen LogP contribution in [0.3, 0.4) is 0 Å². The van der Waals surface area contributed by atoms with E-state index in [1.54, 1.807) is 6.07 Å². The molecule has 0 saturated carbocycles. The Morgan fingerprint density at radius 3 is 2.89 bits per heavy atom. The summed E-state index contributed by atoms with van der Waals surface area (Å²) < 4.78 is 0. The number of nitrogens with zero attached hydrogens (tertiary/aromatic N) is 1. The monoisotopic (exact) mass is 319 g/mol. The van der Waals surface area contributed by atoms with Gasteiger partial charge in [-0.3, -0.25) is 0 Å². The first kappa shape index (κ1) is 14.8. The highest BCUT2D eigenvalue weighted by atomic mass is 35.5. The molecule has 1 atom stereocenters. The van der Waals surface area contributed by atoms with Crippen molar-refractivity contribution in [3.8, 4) is 0 Å². The normalized spacial score (nSPS) is 18.7. The minimum absolute atomic E-state index is 0.400. The van der Waals surface area contributed by atoms with E-state index in [-0.39, 0.29) is 0 Å². The van der Waals surface area contributed by atoms with Gasteiger partial charge < -0.3 is 10.6 Å². The van der Waals surface area contributed by atoms with Crippen molar-refractivity contribution in [2.75, 3.05) is 11.9 Å². The van der Waals surface area contributed by atoms with Crippen molar-refractivity contribution in [3.63, 3.8) is 0 Å². The third-order valence-corrected chi connectivity index (χ3v) is 4.00. The molecular weight excluding hydrogens is 305 g/mol. The Balaban J connectivity index is 1.86. The molecule has 19 heavy (non-hydrogen) atoms. The first-order valence-corrected chi connectivity index (χ1v) is 7.38. The summed E-state index contributed by atoms with van der Waals surface area (Å²) in [5, 5.41) is 8.36. The maximum absolute atomic E-state index is 6.09. The number of hydrogen-bond donors (Lipinski definition) is 2. The van der Waals surface area contributed by atoms with Gasteiger partial charge in [-0.25, -0.2) is 4.98 Å². The molecule has 0 aliphatic carbocycles. The first-order valence-electron chi connectivity index (χ1n) is 6.25. The lowest BCUT2D eigenvalue weighted by atomic mass is 10.1. The van der Waals surface area contributed by atoms with Gasteiger partial charge in [0.05, 0.1) is 20.9 Å². The average molecular weight is 321 g/mol. The van der Waals surface area contributed by atoms with Crippen LogP contribution in [-0.2, 0) is 0 Å². The van der Waals surface area contributed by atoms with E-state index < -0.39 is 0 Å². The molecule has 1 aliphatic rings. The van der Waals surface area contributed by atoms with Gasteiger partial charge in [-0.05, 0) is 38.3 Å². The third-order valence-electron chi connectivity index (χ3n) is 3.07. The van der Waals surface area contributed by atoms with E-state index in [1.807, 2.05) is 13.0 Å². The fourth-order valence-corrected chi connectivity index (χ4v) is 2.69. The minimum atomic E-state index is 0.400. The molecule has 0 spiro atoms. The summed E-state index contributed by atoms with van der Waals surface area (Å²) in [4.78, 5) is 4.34. The fourth-order valence-electron chi connectivity index (χ4n) is 2.00. The van der Waals surface area contributed by atoms with Crippen LogP contribution in [-0.4, -0.2) is 17.6 Å². The van der Waals surface area contributed by atoms with Crippen molar-refractivity contribution in [2.45, 2.75) is 32.2 Å². The number of halogens is 3. The molecular formula is C13H16Cl3N3. The average Bonchev–Trinajstić information content (AvgIpc) is 2.35. The van der Waals surface area contributed by atoms with Crippen LogP contribution in [0.15, 0.2) is 17.3 Å². The second kappa shape index (κ2) is 6.69. The maximum atomic E-state index is 6.09. The Hall–Kier alpha value is -0.640. The molecule has 1 aromatic rings. The fraction of sp³-hybridized carbons (Fsp3) is 0.462. The van der Waals surface area contributed by atoms with Crippen molar-refractivity contribution in [2.24, 2.45) is 0 Å². The Labute approximate surface area is 128 Å². The number of allylic oxidation sites excluding steroid dienone is 1. The van der Waals surface area contributed by atoms with Crippen LogP contribution in [0.1, 0.15) is 25.0 Å². The van der Waals surface area contributed by atoms with Crippen molar-refractivity contribution in [1.82, 2.24) is 10.3 Å². The van der Waals surface area contributed by atoms with E-state index in [0.717, 1.165) is 36.7 Å². The van der Waals surface area contributed by atoms with Crippen molar-refractivity contribution in [1.29, 1.82) is 0 Å². The summed E-state index contributed by atoms with van der Waals surface area (Å²) >= 11 is 18.0. The molecule has 0 fully saturated rings. The lowest BCUT2D eigenvalue weighted by molar-refractivity contribution is 0.497. The van der Waals surface area contributed by atoms with Crippen LogP contribution in [0.4, 0.5) is 5.82 Å². The second-order valence-electron chi connectivity index (χ2n) is 4.57. The van der Waals surface area contributed by atoms with Gasteiger partial charge in [-0.15, -0.1) is 0 Å². The molecule has 3 nitrogen and oxygen atoms in total. The first-order chi connectivity index (χ1) is 9.06. The van der Waals surface area contributed by atoms with Gasteiger partial charge >= 0.3 is 0 Å². The molecule has 104 valence electrons. The van der Waals surface area contributed by atoms with Crippen LogP contribution >= 0.6 is 34.8 Å². The molecule has 2 N–H and O–H groups in total. The van der Waals surface area contributed by atoms with Crippen LogP contribution in [0.5, 0.6) is 0 Å². The summed E-state index contributed by atoms with van der Waals surface area (Å²) in [6, 6.07) is 2.11. The van der Waals surface area contributed by atoms with Gasteiger partial charge in [-0.2, -0.15) is 0 Å². The Morgan fingerprint density at radius 1 is 1.37 bits per heavy atom. The zero-order valence-electron chi connectivity index (χ0n) is 10.6. The third kappa shape index (κ3) is 4.16.